The number of amides is 2. The van der Waals surface area contributed by atoms with Gasteiger partial charge in [0.2, 0.25) is 5.89 Å². The maximum Gasteiger partial charge on any atom is 0.317 e. The number of alkyl halides is 3. The molecule has 2 saturated heterocycles. The van der Waals surface area contributed by atoms with E-state index in [-0.39, 0.29) is 18.4 Å². The highest BCUT2D eigenvalue weighted by molar-refractivity contribution is 5.75. The van der Waals surface area contributed by atoms with Crippen molar-refractivity contribution in [1.29, 1.82) is 0 Å². The average molecular weight is 567 g/mol. The van der Waals surface area contributed by atoms with Crippen molar-refractivity contribution in [2.24, 2.45) is 5.92 Å². The predicted octanol–water partition coefficient (Wildman–Crippen LogP) is 4.71. The summed E-state index contributed by atoms with van der Waals surface area (Å²) < 4.78 is 49.5. The van der Waals surface area contributed by atoms with E-state index in [1.165, 1.54) is 12.8 Å². The second kappa shape index (κ2) is 11.1. The lowest BCUT2D eigenvalue weighted by molar-refractivity contribution is -0.0918. The third kappa shape index (κ3) is 6.01. The molecule has 3 saturated carbocycles. The lowest BCUT2D eigenvalue weighted by atomic mass is 9.79. The van der Waals surface area contributed by atoms with E-state index in [9.17, 15) is 9.18 Å². The average Bonchev–Trinajstić information content (AvgIpc) is 3.84. The molecule has 0 spiro atoms. The fraction of sp³-hybridized carbons (Fsp3) is 0.897. The van der Waals surface area contributed by atoms with Crippen molar-refractivity contribution in [1.82, 2.24) is 30.2 Å². The molecule has 0 radical (unpaired) electrons. The van der Waals surface area contributed by atoms with E-state index in [1.54, 1.807) is 4.90 Å². The highest BCUT2D eigenvalue weighted by Gasteiger charge is 2.51. The van der Waals surface area contributed by atoms with Gasteiger partial charge in [0.15, 0.2) is 5.82 Å². The first-order chi connectivity index (χ1) is 19.1. The number of urea groups is 1. The molecule has 5 aliphatic rings. The number of hydrogen-bond donors (Lipinski definition) is 1. The Morgan fingerprint density at radius 1 is 1.07 bits per heavy atom. The molecular weight excluding hydrogens is 521 g/mol. The zero-order valence-corrected chi connectivity index (χ0v) is 24.0. The summed E-state index contributed by atoms with van der Waals surface area (Å²) in [5.74, 6) is -1.49. The van der Waals surface area contributed by atoms with Crippen molar-refractivity contribution < 1.29 is 22.5 Å². The molecule has 6 rings (SSSR count). The number of piperidine rings is 1. The van der Waals surface area contributed by atoms with E-state index >= 15 is 8.78 Å². The van der Waals surface area contributed by atoms with Crippen LogP contribution in [0.15, 0.2) is 4.52 Å². The highest BCUT2D eigenvalue weighted by Crippen LogP contribution is 2.44. The largest absolute Gasteiger partial charge is 0.339 e. The third-order valence-electron chi connectivity index (χ3n) is 10.4. The molecule has 11 heteroatoms. The molecule has 0 bridgehead atoms. The van der Waals surface area contributed by atoms with E-state index in [1.807, 2.05) is 6.92 Å². The number of nitrogens with one attached hydrogen (secondary N) is 1. The number of likely N-dealkylation sites (tertiary alicyclic amines) is 2. The van der Waals surface area contributed by atoms with Gasteiger partial charge in [-0.3, -0.25) is 4.90 Å². The monoisotopic (exact) mass is 566 g/mol. The third-order valence-corrected chi connectivity index (χ3v) is 10.4. The predicted molar refractivity (Wildman–Crippen MR) is 144 cm³/mol. The molecule has 2 aliphatic heterocycles. The second-order valence-corrected chi connectivity index (χ2v) is 13.5. The fourth-order valence-corrected chi connectivity index (χ4v) is 7.18. The number of carbonyl (C=O) groups is 1. The fourth-order valence-electron chi connectivity index (χ4n) is 7.18. The van der Waals surface area contributed by atoms with Gasteiger partial charge in [0, 0.05) is 50.1 Å². The van der Waals surface area contributed by atoms with Crippen LogP contribution in [0.4, 0.5) is 18.0 Å². The summed E-state index contributed by atoms with van der Waals surface area (Å²) in [6.07, 6.45) is 7.43. The summed E-state index contributed by atoms with van der Waals surface area (Å²) in [5, 5.41) is 6.92. The summed E-state index contributed by atoms with van der Waals surface area (Å²) in [4.78, 5) is 24.2. The van der Waals surface area contributed by atoms with Crippen molar-refractivity contribution in [2.75, 3.05) is 39.8 Å². The van der Waals surface area contributed by atoms with Gasteiger partial charge in [-0.1, -0.05) is 12.1 Å². The van der Waals surface area contributed by atoms with Gasteiger partial charge in [0.25, 0.3) is 5.92 Å². The van der Waals surface area contributed by atoms with Crippen molar-refractivity contribution in [2.45, 2.75) is 119 Å². The molecule has 3 heterocycles. The molecular formula is C29H45F3N6O2. The maximum atomic E-state index is 15.4. The molecule has 5 atom stereocenters. The Hall–Kier alpha value is -1.88. The first-order valence-electron chi connectivity index (χ1n) is 15.5. The Bertz CT molecular complexity index is 1040. The maximum absolute atomic E-state index is 15.4. The smallest absolute Gasteiger partial charge is 0.317 e. The van der Waals surface area contributed by atoms with Gasteiger partial charge in [-0.15, -0.1) is 0 Å². The molecule has 8 nitrogen and oxygen atoms in total. The molecule has 2 amide bonds. The van der Waals surface area contributed by atoms with Crippen LogP contribution in [0.25, 0.3) is 0 Å². The van der Waals surface area contributed by atoms with E-state index in [4.69, 9.17) is 4.52 Å². The van der Waals surface area contributed by atoms with E-state index < -0.39 is 29.6 Å². The van der Waals surface area contributed by atoms with Crippen LogP contribution in [0, 0.1) is 5.92 Å². The van der Waals surface area contributed by atoms with Crippen LogP contribution in [-0.4, -0.2) is 101 Å². The van der Waals surface area contributed by atoms with E-state index in [0.717, 1.165) is 44.8 Å². The zero-order chi connectivity index (χ0) is 28.1. The SMILES string of the molecule is CN(CC1CC1)[C@H]1CCCN([C@H]2CCCC(F)(F)[C@@H]2NC(=O)N2CCC(C)(c3noc([C@@H]4C[C@@H]4F)n3)CC2)CC1. The van der Waals surface area contributed by atoms with Crippen molar-refractivity contribution >= 4 is 6.03 Å². The Morgan fingerprint density at radius 3 is 2.52 bits per heavy atom. The molecule has 1 aromatic rings. The first-order valence-corrected chi connectivity index (χ1v) is 15.5. The van der Waals surface area contributed by atoms with E-state index in [2.05, 4.69) is 32.3 Å². The Morgan fingerprint density at radius 2 is 1.82 bits per heavy atom. The second-order valence-electron chi connectivity index (χ2n) is 13.5. The zero-order valence-electron chi connectivity index (χ0n) is 24.0. The summed E-state index contributed by atoms with van der Waals surface area (Å²) in [5.41, 5.74) is -0.397. The molecule has 224 valence electrons. The number of rotatable bonds is 7. The van der Waals surface area contributed by atoms with Gasteiger partial charge in [-0.05, 0) is 83.7 Å². The van der Waals surface area contributed by atoms with Crippen molar-refractivity contribution in [3.8, 4) is 0 Å². The lowest BCUT2D eigenvalue weighted by Crippen LogP contribution is -2.64. The van der Waals surface area contributed by atoms with Gasteiger partial charge < -0.3 is 19.6 Å². The van der Waals surface area contributed by atoms with Crippen LogP contribution in [0.5, 0.6) is 0 Å². The summed E-state index contributed by atoms with van der Waals surface area (Å²) in [6, 6.07) is -1.45. The minimum absolute atomic E-state index is 0.187. The standard InChI is InChI=1S/C29H45F3N6O2/c1-28(26-34-25(40-35-26)21-17-22(21)30)11-15-38(16-12-28)27(39)33-24-23(6-3-10-29(24,31)32)37-13-4-5-20(9-14-37)36(2)18-19-7-8-19/h19-24H,3-18H2,1-2H3,(H,33,39)/t20-,21+,22-,23-,24+/m0/s1. The molecule has 0 unspecified atom stereocenters. The van der Waals surface area contributed by atoms with Crippen LogP contribution in [-0.2, 0) is 5.41 Å². The number of nitrogens with zero attached hydrogens (tertiary/aromatic N) is 5. The molecule has 1 N–H and O–H groups in total. The molecule has 1 aromatic heterocycles. The van der Waals surface area contributed by atoms with Gasteiger partial charge >= 0.3 is 6.03 Å². The van der Waals surface area contributed by atoms with Crippen LogP contribution in [0.1, 0.15) is 95.2 Å². The van der Waals surface area contributed by atoms with Gasteiger partial charge in [-0.2, -0.15) is 4.98 Å². The first kappa shape index (κ1) is 28.2. The summed E-state index contributed by atoms with van der Waals surface area (Å²) in [7, 11) is 2.21. The quantitative estimate of drug-likeness (QED) is 0.515. The van der Waals surface area contributed by atoms with Gasteiger partial charge in [0.05, 0.1) is 5.92 Å². The highest BCUT2D eigenvalue weighted by atomic mass is 19.3. The number of carbonyl (C=O) groups excluding carboxylic acids is 1. The molecule has 5 fully saturated rings. The van der Waals surface area contributed by atoms with Crippen LogP contribution >= 0.6 is 0 Å². The molecule has 40 heavy (non-hydrogen) atoms. The molecule has 3 aliphatic carbocycles. The summed E-state index contributed by atoms with van der Waals surface area (Å²) in [6.45, 7) is 5.61. The van der Waals surface area contributed by atoms with Crippen LogP contribution < -0.4 is 5.32 Å². The van der Waals surface area contributed by atoms with Crippen LogP contribution in [0.2, 0.25) is 0 Å². The Labute approximate surface area is 235 Å². The number of aromatic nitrogens is 2. The van der Waals surface area contributed by atoms with E-state index in [0.29, 0.717) is 63.0 Å². The number of hydrogen-bond acceptors (Lipinski definition) is 6. The van der Waals surface area contributed by atoms with Gasteiger partial charge in [-0.25, -0.2) is 18.0 Å². The number of halogens is 3. The summed E-state index contributed by atoms with van der Waals surface area (Å²) >= 11 is 0. The Balaban J connectivity index is 1.06. The van der Waals surface area contributed by atoms with Crippen LogP contribution in [0.3, 0.4) is 0 Å². The van der Waals surface area contributed by atoms with Gasteiger partial charge in [0.1, 0.15) is 12.2 Å². The normalized spacial score (nSPS) is 34.5. The Kier molecular flexibility index (Phi) is 7.82. The lowest BCUT2D eigenvalue weighted by Gasteiger charge is -2.45. The molecule has 0 aromatic carbocycles. The van der Waals surface area contributed by atoms with Crippen molar-refractivity contribution in [3.05, 3.63) is 11.7 Å². The topological polar surface area (TPSA) is 77.7 Å². The van der Waals surface area contributed by atoms with Crippen molar-refractivity contribution in [3.63, 3.8) is 0 Å². The minimum Gasteiger partial charge on any atom is -0.339 e. The minimum atomic E-state index is -2.94.